The maximum absolute atomic E-state index is 2.42. The maximum atomic E-state index is 2.42. The molecule has 0 aromatic heterocycles. The summed E-state index contributed by atoms with van der Waals surface area (Å²) in [6.45, 7) is 11.8. The number of hydrogen-bond donors (Lipinski definition) is 0. The fraction of sp³-hybridized carbons (Fsp3) is 1.00. The molecular weight excluding hydrogens is 264 g/mol. The van der Waals surface area contributed by atoms with Crippen LogP contribution in [0.5, 0.6) is 0 Å². The molecule has 134 valence electrons. The van der Waals surface area contributed by atoms with E-state index < -0.39 is 0 Å². The van der Waals surface area contributed by atoms with Crippen molar-refractivity contribution in [3.8, 4) is 0 Å². The lowest BCUT2D eigenvalue weighted by Crippen LogP contribution is -2.16. The van der Waals surface area contributed by atoms with Gasteiger partial charge in [-0.2, -0.15) is 0 Å². The highest BCUT2D eigenvalue weighted by molar-refractivity contribution is 4.69. The van der Waals surface area contributed by atoms with Gasteiger partial charge in [0.05, 0.1) is 0 Å². The van der Waals surface area contributed by atoms with E-state index in [1.165, 1.54) is 96.3 Å². The van der Waals surface area contributed by atoms with Crippen LogP contribution in [0.2, 0.25) is 0 Å². The molecule has 0 fully saturated rings. The quantitative estimate of drug-likeness (QED) is 0.266. The summed E-state index contributed by atoms with van der Waals surface area (Å²) >= 11 is 0. The van der Waals surface area contributed by atoms with Crippen LogP contribution in [-0.4, -0.2) is 0 Å². The molecule has 0 bridgehead atoms. The van der Waals surface area contributed by atoms with Crippen molar-refractivity contribution in [1.82, 2.24) is 0 Å². The molecule has 0 rings (SSSR count). The highest BCUT2D eigenvalue weighted by Gasteiger charge is 2.18. The zero-order valence-electron chi connectivity index (χ0n) is 16.7. The van der Waals surface area contributed by atoms with E-state index in [0.29, 0.717) is 5.41 Å². The second kappa shape index (κ2) is 14.6. The van der Waals surface area contributed by atoms with E-state index in [9.17, 15) is 0 Å². The summed E-state index contributed by atoms with van der Waals surface area (Å²) in [4.78, 5) is 0. The molecule has 22 heavy (non-hydrogen) atoms. The monoisotopic (exact) mass is 310 g/mol. The van der Waals surface area contributed by atoms with Gasteiger partial charge in [0.25, 0.3) is 0 Å². The van der Waals surface area contributed by atoms with E-state index in [2.05, 4.69) is 34.6 Å². The second-order valence-electron chi connectivity index (χ2n) is 8.65. The third-order valence-electron chi connectivity index (χ3n) is 5.47. The molecule has 0 N–H and O–H groups in total. The smallest absolute Gasteiger partial charge is 0.0357 e. The molecule has 0 radical (unpaired) electrons. The van der Waals surface area contributed by atoms with Crippen molar-refractivity contribution in [1.29, 1.82) is 0 Å². The van der Waals surface area contributed by atoms with Crippen molar-refractivity contribution >= 4 is 0 Å². The number of rotatable bonds is 15. The molecule has 0 spiro atoms. The molecule has 0 aromatic carbocycles. The largest absolute Gasteiger partial charge is 0.0654 e. The van der Waals surface area contributed by atoms with Gasteiger partial charge in [-0.25, -0.2) is 0 Å². The van der Waals surface area contributed by atoms with Gasteiger partial charge in [0, 0.05) is 0 Å². The first-order valence-corrected chi connectivity index (χ1v) is 10.5. The molecule has 0 aliphatic heterocycles. The predicted molar refractivity (Wildman–Crippen MR) is 104 cm³/mol. The number of unbranched alkanes of at least 4 members (excludes halogenated alkanes) is 13. The summed E-state index contributed by atoms with van der Waals surface area (Å²) < 4.78 is 0. The minimum Gasteiger partial charge on any atom is -0.0654 e. The van der Waals surface area contributed by atoms with Crippen molar-refractivity contribution < 1.29 is 0 Å². The van der Waals surface area contributed by atoms with Crippen LogP contribution < -0.4 is 0 Å². The molecule has 0 aliphatic rings. The van der Waals surface area contributed by atoms with E-state index in [0.717, 1.165) is 5.92 Å². The van der Waals surface area contributed by atoms with Crippen molar-refractivity contribution in [2.45, 2.75) is 131 Å². The Morgan fingerprint density at radius 3 is 1.18 bits per heavy atom. The predicted octanol–water partition coefficient (Wildman–Crippen LogP) is 8.54. The van der Waals surface area contributed by atoms with Gasteiger partial charge in [-0.3, -0.25) is 0 Å². The van der Waals surface area contributed by atoms with Crippen molar-refractivity contribution in [2.75, 3.05) is 0 Å². The average Bonchev–Trinajstić information content (AvgIpc) is 2.46. The molecule has 1 atom stereocenters. The Balaban J connectivity index is 3.12. The fourth-order valence-corrected chi connectivity index (χ4v) is 3.08. The summed E-state index contributed by atoms with van der Waals surface area (Å²) in [5.74, 6) is 0.866. The summed E-state index contributed by atoms with van der Waals surface area (Å²) in [5.41, 5.74) is 0.497. The minimum atomic E-state index is 0.497. The van der Waals surface area contributed by atoms with Crippen LogP contribution >= 0.6 is 0 Å². The lowest BCUT2D eigenvalue weighted by Gasteiger charge is -2.27. The van der Waals surface area contributed by atoms with E-state index in [1.807, 2.05) is 0 Å². The van der Waals surface area contributed by atoms with Crippen LogP contribution in [-0.2, 0) is 0 Å². The van der Waals surface area contributed by atoms with Gasteiger partial charge < -0.3 is 0 Å². The van der Waals surface area contributed by atoms with Gasteiger partial charge in [0.1, 0.15) is 0 Å². The molecule has 0 heterocycles. The van der Waals surface area contributed by atoms with E-state index >= 15 is 0 Å². The summed E-state index contributed by atoms with van der Waals surface area (Å²) in [7, 11) is 0. The van der Waals surface area contributed by atoms with Crippen LogP contribution in [0.3, 0.4) is 0 Å². The van der Waals surface area contributed by atoms with E-state index in [4.69, 9.17) is 0 Å². The Labute approximate surface area is 142 Å². The maximum Gasteiger partial charge on any atom is -0.0357 e. The lowest BCUT2D eigenvalue weighted by molar-refractivity contribution is 0.240. The van der Waals surface area contributed by atoms with E-state index in [1.54, 1.807) is 0 Å². The molecule has 0 heteroatoms. The zero-order valence-corrected chi connectivity index (χ0v) is 16.7. The van der Waals surface area contributed by atoms with Gasteiger partial charge in [-0.1, -0.05) is 131 Å². The van der Waals surface area contributed by atoms with Gasteiger partial charge in [-0.15, -0.1) is 0 Å². The SMILES string of the molecule is CCCCCCCCCCCCCCCCC(C)C(C)(C)C. The van der Waals surface area contributed by atoms with Gasteiger partial charge in [-0.05, 0) is 11.3 Å². The molecule has 0 saturated carbocycles. The molecule has 0 amide bonds. The number of hydrogen-bond acceptors (Lipinski definition) is 0. The summed E-state index contributed by atoms with van der Waals surface area (Å²) in [6.07, 6.45) is 21.9. The van der Waals surface area contributed by atoms with Crippen LogP contribution in [0.4, 0.5) is 0 Å². The fourth-order valence-electron chi connectivity index (χ4n) is 3.08. The molecule has 0 aromatic rings. The topological polar surface area (TPSA) is 0 Å². The van der Waals surface area contributed by atoms with E-state index in [-0.39, 0.29) is 0 Å². The van der Waals surface area contributed by atoms with Crippen LogP contribution in [0.25, 0.3) is 0 Å². The first-order chi connectivity index (χ1) is 10.5. The first kappa shape index (κ1) is 22.0. The molecule has 0 saturated heterocycles. The zero-order chi connectivity index (χ0) is 16.7. The van der Waals surface area contributed by atoms with Crippen molar-refractivity contribution in [2.24, 2.45) is 11.3 Å². The van der Waals surface area contributed by atoms with Crippen LogP contribution in [0.1, 0.15) is 131 Å². The Hall–Kier alpha value is 0. The highest BCUT2D eigenvalue weighted by atomic mass is 14.2. The van der Waals surface area contributed by atoms with Crippen molar-refractivity contribution in [3.63, 3.8) is 0 Å². The Morgan fingerprint density at radius 1 is 0.545 bits per heavy atom. The highest BCUT2D eigenvalue weighted by Crippen LogP contribution is 2.29. The Kier molecular flexibility index (Phi) is 14.6. The average molecular weight is 311 g/mol. The van der Waals surface area contributed by atoms with Crippen LogP contribution in [0.15, 0.2) is 0 Å². The third kappa shape index (κ3) is 14.9. The van der Waals surface area contributed by atoms with Gasteiger partial charge in [0.15, 0.2) is 0 Å². The van der Waals surface area contributed by atoms with Crippen LogP contribution in [0, 0.1) is 11.3 Å². The van der Waals surface area contributed by atoms with Crippen molar-refractivity contribution in [3.05, 3.63) is 0 Å². The van der Waals surface area contributed by atoms with Gasteiger partial charge >= 0.3 is 0 Å². The molecule has 0 nitrogen and oxygen atoms in total. The minimum absolute atomic E-state index is 0.497. The standard InChI is InChI=1S/C22H46/c1-6-7-8-9-10-11-12-13-14-15-16-17-18-19-20-21(2)22(3,4)5/h21H,6-20H2,1-5H3. The normalized spacial score (nSPS) is 13.5. The Bertz CT molecular complexity index is 211. The summed E-state index contributed by atoms with van der Waals surface area (Å²) in [6, 6.07) is 0. The molecule has 0 aliphatic carbocycles. The second-order valence-corrected chi connectivity index (χ2v) is 8.65. The summed E-state index contributed by atoms with van der Waals surface area (Å²) in [5, 5.41) is 0. The Morgan fingerprint density at radius 2 is 0.864 bits per heavy atom. The molecule has 1 unspecified atom stereocenters. The first-order valence-electron chi connectivity index (χ1n) is 10.5. The lowest BCUT2D eigenvalue weighted by atomic mass is 9.79. The third-order valence-corrected chi connectivity index (χ3v) is 5.47. The molecular formula is C22H46. The van der Waals surface area contributed by atoms with Gasteiger partial charge in [0.2, 0.25) is 0 Å².